The standard InChI is InChI=1S/C22H19N3O3/c1-15-7-5-10-17-20(15)23-14-25(22(17)27)13-19(26)24-21(18-11-6-12-28-18)16-8-3-2-4-9-16/h2-12,14,21H,13H2,1H3,(H,24,26). The predicted molar refractivity (Wildman–Crippen MR) is 106 cm³/mol. The molecule has 140 valence electrons. The van der Waals surface area contributed by atoms with Crippen LogP contribution in [0.15, 0.2) is 82.5 Å². The van der Waals surface area contributed by atoms with E-state index < -0.39 is 6.04 Å². The highest BCUT2D eigenvalue weighted by Crippen LogP contribution is 2.22. The second-order valence-electron chi connectivity index (χ2n) is 6.58. The molecule has 2 aromatic heterocycles. The average molecular weight is 373 g/mol. The third kappa shape index (κ3) is 3.44. The fraction of sp³-hybridized carbons (Fsp3) is 0.136. The number of furan rings is 1. The van der Waals surface area contributed by atoms with Crippen molar-refractivity contribution in [2.24, 2.45) is 0 Å². The van der Waals surface area contributed by atoms with Crippen molar-refractivity contribution >= 4 is 16.8 Å². The van der Waals surface area contributed by atoms with Gasteiger partial charge in [0.1, 0.15) is 18.3 Å². The Kier molecular flexibility index (Phi) is 4.76. The molecule has 1 atom stereocenters. The average Bonchev–Trinajstić information content (AvgIpc) is 3.24. The molecule has 1 N–H and O–H groups in total. The summed E-state index contributed by atoms with van der Waals surface area (Å²) in [5, 5.41) is 3.45. The maximum atomic E-state index is 12.7. The predicted octanol–water partition coefficient (Wildman–Crippen LogP) is 3.20. The Hall–Kier alpha value is -3.67. The zero-order chi connectivity index (χ0) is 19.5. The number of amides is 1. The number of rotatable bonds is 5. The summed E-state index contributed by atoms with van der Waals surface area (Å²) in [7, 11) is 0. The van der Waals surface area contributed by atoms with Crippen LogP contribution < -0.4 is 10.9 Å². The van der Waals surface area contributed by atoms with Crippen LogP contribution >= 0.6 is 0 Å². The first-order valence-electron chi connectivity index (χ1n) is 8.96. The summed E-state index contributed by atoms with van der Waals surface area (Å²) in [5.74, 6) is 0.320. The van der Waals surface area contributed by atoms with Crippen molar-refractivity contribution in [3.05, 3.63) is 100 Å². The third-order valence-corrected chi connectivity index (χ3v) is 4.64. The minimum absolute atomic E-state index is 0.125. The Morgan fingerprint density at radius 3 is 2.68 bits per heavy atom. The smallest absolute Gasteiger partial charge is 0.261 e. The number of carbonyl (C=O) groups excluding carboxylic acids is 1. The first-order chi connectivity index (χ1) is 13.6. The van der Waals surface area contributed by atoms with Crippen molar-refractivity contribution in [1.82, 2.24) is 14.9 Å². The molecule has 1 amide bonds. The second-order valence-corrected chi connectivity index (χ2v) is 6.58. The molecule has 6 heteroatoms. The van der Waals surface area contributed by atoms with Crippen LogP contribution in [0.4, 0.5) is 0 Å². The van der Waals surface area contributed by atoms with E-state index in [9.17, 15) is 9.59 Å². The zero-order valence-electron chi connectivity index (χ0n) is 15.3. The fourth-order valence-corrected chi connectivity index (χ4v) is 3.23. The van der Waals surface area contributed by atoms with Gasteiger partial charge >= 0.3 is 0 Å². The van der Waals surface area contributed by atoms with Crippen molar-refractivity contribution < 1.29 is 9.21 Å². The Labute approximate surface area is 161 Å². The van der Waals surface area contributed by atoms with Gasteiger partial charge in [-0.2, -0.15) is 0 Å². The van der Waals surface area contributed by atoms with Crippen molar-refractivity contribution in [2.45, 2.75) is 19.5 Å². The van der Waals surface area contributed by atoms with E-state index in [0.29, 0.717) is 16.7 Å². The summed E-state index contributed by atoms with van der Waals surface area (Å²) in [6, 6.07) is 18.1. The van der Waals surface area contributed by atoms with E-state index >= 15 is 0 Å². The van der Waals surface area contributed by atoms with Crippen LogP contribution in [0, 0.1) is 6.92 Å². The molecule has 0 saturated heterocycles. The molecule has 2 aromatic carbocycles. The van der Waals surface area contributed by atoms with Crippen molar-refractivity contribution in [1.29, 1.82) is 0 Å². The van der Waals surface area contributed by atoms with Gasteiger partial charge in [-0.1, -0.05) is 42.5 Å². The van der Waals surface area contributed by atoms with E-state index in [1.165, 1.54) is 10.9 Å². The van der Waals surface area contributed by atoms with Gasteiger partial charge in [-0.05, 0) is 36.2 Å². The van der Waals surface area contributed by atoms with Gasteiger partial charge < -0.3 is 9.73 Å². The maximum Gasteiger partial charge on any atom is 0.261 e. The summed E-state index contributed by atoms with van der Waals surface area (Å²) in [4.78, 5) is 29.8. The molecule has 0 aliphatic rings. The molecule has 1 unspecified atom stereocenters. The highest BCUT2D eigenvalue weighted by atomic mass is 16.3. The zero-order valence-corrected chi connectivity index (χ0v) is 15.3. The van der Waals surface area contributed by atoms with Crippen LogP contribution in [0.3, 0.4) is 0 Å². The lowest BCUT2D eigenvalue weighted by molar-refractivity contribution is -0.122. The topological polar surface area (TPSA) is 77.1 Å². The van der Waals surface area contributed by atoms with Crippen molar-refractivity contribution in [3.63, 3.8) is 0 Å². The third-order valence-electron chi connectivity index (χ3n) is 4.64. The molecular formula is C22H19N3O3. The molecule has 4 aromatic rings. The maximum absolute atomic E-state index is 12.7. The van der Waals surface area contributed by atoms with Crippen LogP contribution in [-0.4, -0.2) is 15.5 Å². The summed E-state index contributed by atoms with van der Waals surface area (Å²) >= 11 is 0. The van der Waals surface area contributed by atoms with Crippen LogP contribution in [0.5, 0.6) is 0 Å². The first-order valence-corrected chi connectivity index (χ1v) is 8.96. The molecule has 0 bridgehead atoms. The number of nitrogens with zero attached hydrogens (tertiary/aromatic N) is 2. The quantitative estimate of drug-likeness (QED) is 0.583. The highest BCUT2D eigenvalue weighted by Gasteiger charge is 2.20. The molecule has 28 heavy (non-hydrogen) atoms. The van der Waals surface area contributed by atoms with Crippen LogP contribution in [0.2, 0.25) is 0 Å². The SMILES string of the molecule is Cc1cccc2c(=O)n(CC(=O)NC(c3ccccc3)c3ccco3)cnc12. The lowest BCUT2D eigenvalue weighted by Crippen LogP contribution is -2.35. The number of carbonyl (C=O) groups is 1. The van der Waals surface area contributed by atoms with Crippen LogP contribution in [-0.2, 0) is 11.3 Å². The fourth-order valence-electron chi connectivity index (χ4n) is 3.23. The van der Waals surface area contributed by atoms with Crippen LogP contribution in [0.25, 0.3) is 10.9 Å². The van der Waals surface area contributed by atoms with Gasteiger partial charge in [0, 0.05) is 0 Å². The van der Waals surface area contributed by atoms with E-state index in [2.05, 4.69) is 10.3 Å². The second kappa shape index (κ2) is 7.52. The monoisotopic (exact) mass is 373 g/mol. The summed E-state index contributed by atoms with van der Waals surface area (Å²) in [5.41, 5.74) is 2.23. The molecule has 0 spiro atoms. The number of aryl methyl sites for hydroxylation is 1. The minimum Gasteiger partial charge on any atom is -0.467 e. The normalized spacial score (nSPS) is 12.0. The number of hydrogen-bond acceptors (Lipinski definition) is 4. The summed E-state index contributed by atoms with van der Waals surface area (Å²) < 4.78 is 6.82. The number of benzene rings is 2. The van der Waals surface area contributed by atoms with E-state index in [1.807, 2.05) is 55.5 Å². The minimum atomic E-state index is -0.435. The van der Waals surface area contributed by atoms with Gasteiger partial charge in [0.15, 0.2) is 0 Å². The van der Waals surface area contributed by atoms with Gasteiger partial charge in [0.05, 0.1) is 23.5 Å². The van der Waals surface area contributed by atoms with Gasteiger partial charge in [-0.3, -0.25) is 14.2 Å². The lowest BCUT2D eigenvalue weighted by Gasteiger charge is -2.17. The molecule has 0 radical (unpaired) electrons. The van der Waals surface area contributed by atoms with Crippen molar-refractivity contribution in [3.8, 4) is 0 Å². The van der Waals surface area contributed by atoms with E-state index in [1.54, 1.807) is 18.4 Å². The van der Waals surface area contributed by atoms with E-state index in [-0.39, 0.29) is 18.0 Å². The van der Waals surface area contributed by atoms with Gasteiger partial charge in [-0.25, -0.2) is 4.98 Å². The lowest BCUT2D eigenvalue weighted by atomic mass is 10.0. The summed E-state index contributed by atoms with van der Waals surface area (Å²) in [6.45, 7) is 1.78. The first kappa shape index (κ1) is 17.7. The Morgan fingerprint density at radius 2 is 1.93 bits per heavy atom. The molecule has 4 rings (SSSR count). The Morgan fingerprint density at radius 1 is 1.11 bits per heavy atom. The largest absolute Gasteiger partial charge is 0.467 e. The molecule has 2 heterocycles. The van der Waals surface area contributed by atoms with Gasteiger partial charge in [0.2, 0.25) is 5.91 Å². The van der Waals surface area contributed by atoms with Crippen molar-refractivity contribution in [2.75, 3.05) is 0 Å². The highest BCUT2D eigenvalue weighted by molar-refractivity contribution is 5.81. The molecule has 0 fully saturated rings. The number of aromatic nitrogens is 2. The molecule has 0 saturated carbocycles. The van der Waals surface area contributed by atoms with Gasteiger partial charge in [0.25, 0.3) is 5.56 Å². The number of para-hydroxylation sites is 1. The summed E-state index contributed by atoms with van der Waals surface area (Å²) in [6.07, 6.45) is 2.99. The van der Waals surface area contributed by atoms with Gasteiger partial charge in [-0.15, -0.1) is 0 Å². The van der Waals surface area contributed by atoms with E-state index in [4.69, 9.17) is 4.42 Å². The number of hydrogen-bond donors (Lipinski definition) is 1. The molecule has 0 aliphatic heterocycles. The molecule has 0 aliphatic carbocycles. The molecule has 6 nitrogen and oxygen atoms in total. The number of fused-ring (bicyclic) bond motifs is 1. The van der Waals surface area contributed by atoms with Crippen LogP contribution in [0.1, 0.15) is 22.9 Å². The Bertz CT molecular complexity index is 1160. The Balaban J connectivity index is 1.60. The number of nitrogens with one attached hydrogen (secondary N) is 1. The van der Waals surface area contributed by atoms with E-state index in [0.717, 1.165) is 11.1 Å². The molecular weight excluding hydrogens is 354 g/mol.